The molecule has 6 N–H and O–H groups in total. The highest BCUT2D eigenvalue weighted by molar-refractivity contribution is 4.89. The number of aliphatic hydroxyl groups excluding tert-OH is 2. The summed E-state index contributed by atoms with van der Waals surface area (Å²) in [6, 6.07) is -0.336. The first kappa shape index (κ1) is 7.94. The van der Waals surface area contributed by atoms with E-state index in [1.54, 1.807) is 0 Å². The highest BCUT2D eigenvalue weighted by Gasteiger charge is 2.30. The fourth-order valence-corrected chi connectivity index (χ4v) is 1.22. The summed E-state index contributed by atoms with van der Waals surface area (Å²) in [6.45, 7) is 0. The normalized spacial score (nSPS) is 49.2. The smallest absolute Gasteiger partial charge is 0.0815 e. The first-order valence-corrected chi connectivity index (χ1v) is 3.48. The Morgan fingerprint density at radius 3 is 1.50 bits per heavy atom. The first-order chi connectivity index (χ1) is 4.61. The molecular weight excluding hydrogens is 132 g/mol. The summed E-state index contributed by atoms with van der Waals surface area (Å²) in [7, 11) is 0. The van der Waals surface area contributed by atoms with Gasteiger partial charge in [0.2, 0.25) is 0 Å². The van der Waals surface area contributed by atoms with E-state index in [2.05, 4.69) is 0 Å². The molecule has 4 nitrogen and oxygen atoms in total. The zero-order valence-corrected chi connectivity index (χ0v) is 5.77. The van der Waals surface area contributed by atoms with Gasteiger partial charge >= 0.3 is 0 Å². The van der Waals surface area contributed by atoms with Gasteiger partial charge < -0.3 is 21.7 Å². The molecule has 1 fully saturated rings. The van der Waals surface area contributed by atoms with E-state index in [-0.39, 0.29) is 12.1 Å². The third-order valence-corrected chi connectivity index (χ3v) is 2.02. The Bertz CT molecular complexity index is 94.3. The molecule has 1 unspecified atom stereocenters. The standard InChI is InChI=1S/C6H14N2O2/c7-3-1-5(9)6(10)2-4(3)8/h3-6,9-10H,1-2,7-8H2/t3-,4?,5+,6+/m1/s1. The molecule has 0 aliphatic heterocycles. The number of nitrogens with two attached hydrogens (primary N) is 2. The van der Waals surface area contributed by atoms with Gasteiger partial charge in [0.05, 0.1) is 12.2 Å². The third-order valence-electron chi connectivity index (χ3n) is 2.02. The average molecular weight is 146 g/mol. The van der Waals surface area contributed by atoms with Crippen LogP contribution in [0.25, 0.3) is 0 Å². The van der Waals surface area contributed by atoms with Gasteiger partial charge in [0, 0.05) is 12.1 Å². The van der Waals surface area contributed by atoms with Crippen LogP contribution in [0.2, 0.25) is 0 Å². The van der Waals surface area contributed by atoms with Crippen LogP contribution in [0.1, 0.15) is 12.8 Å². The van der Waals surface area contributed by atoms with Gasteiger partial charge in [-0.2, -0.15) is 0 Å². The SMILES string of the molecule is NC1C[C@H](O)[C@@H](O)C[C@H]1N. The molecule has 1 aliphatic rings. The third kappa shape index (κ3) is 1.46. The summed E-state index contributed by atoms with van der Waals surface area (Å²) in [4.78, 5) is 0. The summed E-state index contributed by atoms with van der Waals surface area (Å²) in [6.07, 6.45) is -0.561. The van der Waals surface area contributed by atoms with Crippen molar-refractivity contribution in [3.63, 3.8) is 0 Å². The molecule has 10 heavy (non-hydrogen) atoms. The lowest BCUT2D eigenvalue weighted by atomic mass is 9.87. The molecule has 0 spiro atoms. The van der Waals surface area contributed by atoms with Crippen LogP contribution in [0.5, 0.6) is 0 Å². The molecule has 1 aliphatic carbocycles. The van der Waals surface area contributed by atoms with E-state index < -0.39 is 12.2 Å². The zero-order valence-electron chi connectivity index (χ0n) is 5.77. The van der Waals surface area contributed by atoms with E-state index >= 15 is 0 Å². The Kier molecular flexibility index (Phi) is 2.25. The summed E-state index contributed by atoms with van der Waals surface area (Å²) in [5, 5.41) is 18.2. The van der Waals surface area contributed by atoms with Crippen molar-refractivity contribution >= 4 is 0 Å². The van der Waals surface area contributed by atoms with Crippen molar-refractivity contribution in [3.8, 4) is 0 Å². The van der Waals surface area contributed by atoms with Gasteiger partial charge in [-0.3, -0.25) is 0 Å². The average Bonchev–Trinajstić information content (AvgIpc) is 1.84. The van der Waals surface area contributed by atoms with Gasteiger partial charge in [-0.15, -0.1) is 0 Å². The highest BCUT2D eigenvalue weighted by atomic mass is 16.3. The van der Waals surface area contributed by atoms with Crippen molar-refractivity contribution in [2.24, 2.45) is 11.5 Å². The first-order valence-electron chi connectivity index (χ1n) is 3.48. The molecule has 1 saturated carbocycles. The van der Waals surface area contributed by atoms with Crippen LogP contribution in [0.4, 0.5) is 0 Å². The second kappa shape index (κ2) is 2.84. The van der Waals surface area contributed by atoms with Crippen LogP contribution in [-0.2, 0) is 0 Å². The second-order valence-corrected chi connectivity index (χ2v) is 2.93. The van der Waals surface area contributed by atoms with Crippen LogP contribution in [-0.4, -0.2) is 34.5 Å². The fourth-order valence-electron chi connectivity index (χ4n) is 1.22. The van der Waals surface area contributed by atoms with Gasteiger partial charge in [-0.25, -0.2) is 0 Å². The summed E-state index contributed by atoms with van der Waals surface area (Å²) < 4.78 is 0. The lowest BCUT2D eigenvalue weighted by Gasteiger charge is -2.32. The van der Waals surface area contributed by atoms with Crippen LogP contribution in [0.15, 0.2) is 0 Å². The van der Waals surface area contributed by atoms with Crippen molar-refractivity contribution in [2.75, 3.05) is 0 Å². The molecule has 4 atom stereocenters. The van der Waals surface area contributed by atoms with Gasteiger partial charge in [-0.05, 0) is 12.8 Å². The predicted octanol–water partition coefficient (Wildman–Crippen LogP) is -1.84. The van der Waals surface area contributed by atoms with Crippen molar-refractivity contribution < 1.29 is 10.2 Å². The van der Waals surface area contributed by atoms with Crippen LogP contribution in [0.3, 0.4) is 0 Å². The Morgan fingerprint density at radius 2 is 1.20 bits per heavy atom. The van der Waals surface area contributed by atoms with E-state index in [1.165, 1.54) is 0 Å². The monoisotopic (exact) mass is 146 g/mol. The minimum absolute atomic E-state index is 0.168. The molecule has 0 radical (unpaired) electrons. The van der Waals surface area contributed by atoms with E-state index in [1.807, 2.05) is 0 Å². The topological polar surface area (TPSA) is 92.5 Å². The molecule has 0 aromatic rings. The molecule has 4 heteroatoms. The zero-order chi connectivity index (χ0) is 7.72. The largest absolute Gasteiger partial charge is 0.390 e. The molecule has 0 aromatic carbocycles. The molecule has 1 rings (SSSR count). The minimum Gasteiger partial charge on any atom is -0.390 e. The van der Waals surface area contributed by atoms with Crippen LogP contribution >= 0.6 is 0 Å². The Hall–Kier alpha value is -0.160. The number of hydrogen-bond donors (Lipinski definition) is 4. The fraction of sp³-hybridized carbons (Fsp3) is 1.00. The second-order valence-electron chi connectivity index (χ2n) is 2.93. The van der Waals surface area contributed by atoms with Crippen molar-refractivity contribution in [1.82, 2.24) is 0 Å². The van der Waals surface area contributed by atoms with E-state index in [9.17, 15) is 0 Å². The minimum atomic E-state index is -0.685. The molecule has 0 bridgehead atoms. The van der Waals surface area contributed by atoms with Crippen molar-refractivity contribution in [1.29, 1.82) is 0 Å². The lowest BCUT2D eigenvalue weighted by molar-refractivity contribution is -0.0198. The van der Waals surface area contributed by atoms with Crippen LogP contribution in [0, 0.1) is 0 Å². The summed E-state index contributed by atoms with van der Waals surface area (Å²) in [5.74, 6) is 0. The molecule has 0 amide bonds. The maximum absolute atomic E-state index is 9.08. The number of hydrogen-bond acceptors (Lipinski definition) is 4. The molecule has 0 heterocycles. The Balaban J connectivity index is 2.46. The molecule has 0 aromatic heterocycles. The van der Waals surface area contributed by atoms with Gasteiger partial charge in [0.1, 0.15) is 0 Å². The Labute approximate surface area is 59.8 Å². The summed E-state index contributed by atoms with van der Waals surface area (Å²) in [5.41, 5.74) is 11.1. The van der Waals surface area contributed by atoms with Crippen molar-refractivity contribution in [2.45, 2.75) is 37.1 Å². The maximum atomic E-state index is 9.08. The van der Waals surface area contributed by atoms with Gasteiger partial charge in [0.15, 0.2) is 0 Å². The lowest BCUT2D eigenvalue weighted by Crippen LogP contribution is -2.52. The number of aliphatic hydroxyl groups is 2. The van der Waals surface area contributed by atoms with Gasteiger partial charge in [0.25, 0.3) is 0 Å². The van der Waals surface area contributed by atoms with Gasteiger partial charge in [-0.1, -0.05) is 0 Å². The van der Waals surface area contributed by atoms with Crippen molar-refractivity contribution in [3.05, 3.63) is 0 Å². The van der Waals surface area contributed by atoms with E-state index in [0.29, 0.717) is 12.8 Å². The van der Waals surface area contributed by atoms with Crippen LogP contribution < -0.4 is 11.5 Å². The van der Waals surface area contributed by atoms with E-state index in [0.717, 1.165) is 0 Å². The molecule has 0 saturated heterocycles. The molecule has 60 valence electrons. The highest BCUT2D eigenvalue weighted by Crippen LogP contribution is 2.16. The quantitative estimate of drug-likeness (QED) is 0.323. The molecular formula is C6H14N2O2. The Morgan fingerprint density at radius 1 is 0.900 bits per heavy atom. The predicted molar refractivity (Wildman–Crippen MR) is 37.2 cm³/mol. The number of rotatable bonds is 0. The maximum Gasteiger partial charge on any atom is 0.0815 e. The van der Waals surface area contributed by atoms with E-state index in [4.69, 9.17) is 21.7 Å². The summed E-state index contributed by atoms with van der Waals surface area (Å²) >= 11 is 0.